The topological polar surface area (TPSA) is 44.0 Å². The molecule has 2 rings (SSSR count). The van der Waals surface area contributed by atoms with E-state index in [2.05, 4.69) is 27.2 Å². The van der Waals surface area contributed by atoms with Crippen molar-refractivity contribution >= 4 is 0 Å². The Labute approximate surface area is 78.4 Å². The van der Waals surface area contributed by atoms with Crippen LogP contribution in [0.4, 0.5) is 0 Å². The van der Waals surface area contributed by atoms with Crippen LogP contribution < -0.4 is 5.32 Å². The molecule has 0 aliphatic carbocycles. The van der Waals surface area contributed by atoms with Crippen LogP contribution in [0.25, 0.3) is 0 Å². The summed E-state index contributed by atoms with van der Waals surface area (Å²) in [6.45, 7) is 3.21. The van der Waals surface area contributed by atoms with Crippen LogP contribution in [0.5, 0.6) is 0 Å². The van der Waals surface area contributed by atoms with Gasteiger partial charge in [-0.2, -0.15) is 0 Å². The van der Waals surface area contributed by atoms with Crippen molar-refractivity contribution in [1.82, 2.24) is 20.2 Å². The van der Waals surface area contributed by atoms with Crippen molar-refractivity contribution < 1.29 is 0 Å². The van der Waals surface area contributed by atoms with E-state index < -0.39 is 0 Å². The number of hydrogen-bond acceptors (Lipinski definition) is 3. The molecule has 1 atom stereocenters. The van der Waals surface area contributed by atoms with Crippen molar-refractivity contribution in [2.24, 2.45) is 0 Å². The maximum absolute atomic E-state index is 4.16. The van der Waals surface area contributed by atoms with Crippen molar-refractivity contribution in [3.8, 4) is 0 Å². The highest BCUT2D eigenvalue weighted by Gasteiger charge is 2.18. The van der Waals surface area contributed by atoms with E-state index in [4.69, 9.17) is 0 Å². The van der Waals surface area contributed by atoms with Gasteiger partial charge in [-0.15, -0.1) is 0 Å². The van der Waals surface area contributed by atoms with Crippen LogP contribution in [0.2, 0.25) is 0 Å². The monoisotopic (exact) mass is 180 g/mol. The molecule has 4 heteroatoms. The van der Waals surface area contributed by atoms with Gasteiger partial charge in [0.05, 0.1) is 6.54 Å². The third kappa shape index (κ3) is 2.29. The van der Waals surface area contributed by atoms with Gasteiger partial charge in [0.2, 0.25) is 0 Å². The Morgan fingerprint density at radius 2 is 2.69 bits per heavy atom. The number of nitrogens with zero attached hydrogens (tertiary/aromatic N) is 2. The van der Waals surface area contributed by atoms with E-state index in [0.29, 0.717) is 6.04 Å². The van der Waals surface area contributed by atoms with Crippen LogP contribution in [0.15, 0.2) is 12.4 Å². The van der Waals surface area contributed by atoms with E-state index in [0.717, 1.165) is 18.9 Å². The number of aromatic nitrogens is 2. The Kier molecular flexibility index (Phi) is 2.61. The zero-order valence-corrected chi connectivity index (χ0v) is 7.95. The van der Waals surface area contributed by atoms with Gasteiger partial charge >= 0.3 is 0 Å². The zero-order valence-electron chi connectivity index (χ0n) is 7.95. The van der Waals surface area contributed by atoms with Gasteiger partial charge in [-0.25, -0.2) is 4.98 Å². The van der Waals surface area contributed by atoms with Gasteiger partial charge in [0.15, 0.2) is 0 Å². The fraction of sp³-hybridized carbons (Fsp3) is 0.667. The minimum Gasteiger partial charge on any atom is -0.348 e. The van der Waals surface area contributed by atoms with Crippen LogP contribution in [0.1, 0.15) is 12.2 Å². The van der Waals surface area contributed by atoms with Crippen LogP contribution in [-0.2, 0) is 6.54 Å². The molecule has 0 amide bonds. The summed E-state index contributed by atoms with van der Waals surface area (Å²) in [7, 11) is 2.16. The standard InChI is InChI=1S/C9H16N4/c1-13-5-2-8(7-13)12-6-9-10-3-4-11-9/h3-4,8,12H,2,5-7H2,1H3,(H,10,11)/t8-/m0/s1. The summed E-state index contributed by atoms with van der Waals surface area (Å²) in [6.07, 6.45) is 4.90. The van der Waals surface area contributed by atoms with Crippen LogP contribution in [0, 0.1) is 0 Å². The number of hydrogen-bond donors (Lipinski definition) is 2. The summed E-state index contributed by atoms with van der Waals surface area (Å²) in [4.78, 5) is 9.60. The van der Waals surface area contributed by atoms with E-state index in [-0.39, 0.29) is 0 Å². The Morgan fingerprint density at radius 1 is 1.77 bits per heavy atom. The molecule has 0 saturated carbocycles. The van der Waals surface area contributed by atoms with Crippen molar-refractivity contribution in [2.75, 3.05) is 20.1 Å². The van der Waals surface area contributed by atoms with Gasteiger partial charge in [0.1, 0.15) is 5.82 Å². The van der Waals surface area contributed by atoms with Crippen molar-refractivity contribution in [1.29, 1.82) is 0 Å². The molecule has 1 fully saturated rings. The highest BCUT2D eigenvalue weighted by Crippen LogP contribution is 2.06. The number of nitrogens with one attached hydrogen (secondary N) is 2. The summed E-state index contributed by atoms with van der Waals surface area (Å²) >= 11 is 0. The largest absolute Gasteiger partial charge is 0.348 e. The van der Waals surface area contributed by atoms with E-state index in [1.54, 1.807) is 6.20 Å². The molecule has 1 aliphatic heterocycles. The molecule has 0 unspecified atom stereocenters. The molecule has 1 aliphatic rings. The Hall–Kier alpha value is -0.870. The number of likely N-dealkylation sites (N-methyl/N-ethyl adjacent to an activating group) is 1. The minimum absolute atomic E-state index is 0.634. The number of likely N-dealkylation sites (tertiary alicyclic amines) is 1. The predicted molar refractivity (Wildman–Crippen MR) is 51.3 cm³/mol. The lowest BCUT2D eigenvalue weighted by molar-refractivity contribution is 0.397. The molecule has 1 aromatic rings. The van der Waals surface area contributed by atoms with Crippen LogP contribution in [-0.4, -0.2) is 41.0 Å². The lowest BCUT2D eigenvalue weighted by Crippen LogP contribution is -2.31. The first-order valence-electron chi connectivity index (χ1n) is 4.75. The molecule has 1 saturated heterocycles. The SMILES string of the molecule is CN1CC[C@H](NCc2ncc[nH]2)C1. The molecule has 0 aromatic carbocycles. The molecule has 2 heterocycles. The molecular formula is C9H16N4. The zero-order chi connectivity index (χ0) is 9.10. The molecule has 2 N–H and O–H groups in total. The molecule has 0 radical (unpaired) electrons. The van der Waals surface area contributed by atoms with Gasteiger partial charge in [-0.3, -0.25) is 0 Å². The summed E-state index contributed by atoms with van der Waals surface area (Å²) in [5.74, 6) is 1.02. The summed E-state index contributed by atoms with van der Waals surface area (Å²) in [5, 5.41) is 3.48. The van der Waals surface area contributed by atoms with Gasteiger partial charge in [0.25, 0.3) is 0 Å². The minimum atomic E-state index is 0.634. The molecule has 72 valence electrons. The predicted octanol–water partition coefficient (Wildman–Crippen LogP) is 0.203. The summed E-state index contributed by atoms with van der Waals surface area (Å²) in [5.41, 5.74) is 0. The summed E-state index contributed by atoms with van der Waals surface area (Å²) < 4.78 is 0. The number of H-pyrrole nitrogens is 1. The van der Waals surface area contributed by atoms with E-state index in [9.17, 15) is 0 Å². The Morgan fingerprint density at radius 3 is 3.31 bits per heavy atom. The van der Waals surface area contributed by atoms with E-state index in [1.165, 1.54) is 13.0 Å². The fourth-order valence-electron chi connectivity index (χ4n) is 1.74. The second-order valence-electron chi connectivity index (χ2n) is 3.66. The molecular weight excluding hydrogens is 164 g/mol. The van der Waals surface area contributed by atoms with Crippen molar-refractivity contribution in [2.45, 2.75) is 19.0 Å². The number of imidazole rings is 1. The van der Waals surface area contributed by atoms with Crippen LogP contribution >= 0.6 is 0 Å². The second kappa shape index (κ2) is 3.89. The average Bonchev–Trinajstić information content (AvgIpc) is 2.71. The highest BCUT2D eigenvalue weighted by molar-refractivity contribution is 4.88. The Balaban J connectivity index is 1.74. The molecule has 13 heavy (non-hydrogen) atoms. The lowest BCUT2D eigenvalue weighted by atomic mass is 10.2. The Bertz CT molecular complexity index is 244. The van der Waals surface area contributed by atoms with Crippen molar-refractivity contribution in [3.05, 3.63) is 18.2 Å². The van der Waals surface area contributed by atoms with E-state index in [1.807, 2.05) is 6.20 Å². The van der Waals surface area contributed by atoms with Gasteiger partial charge in [0, 0.05) is 25.0 Å². The van der Waals surface area contributed by atoms with Gasteiger partial charge in [-0.1, -0.05) is 0 Å². The van der Waals surface area contributed by atoms with Crippen molar-refractivity contribution in [3.63, 3.8) is 0 Å². The first-order valence-corrected chi connectivity index (χ1v) is 4.75. The number of rotatable bonds is 3. The lowest BCUT2D eigenvalue weighted by Gasteiger charge is -2.11. The molecule has 1 aromatic heterocycles. The first-order chi connectivity index (χ1) is 6.34. The molecule has 0 bridgehead atoms. The van der Waals surface area contributed by atoms with Crippen LogP contribution in [0.3, 0.4) is 0 Å². The third-order valence-corrected chi connectivity index (χ3v) is 2.50. The first kappa shape index (κ1) is 8.72. The third-order valence-electron chi connectivity index (χ3n) is 2.50. The quantitative estimate of drug-likeness (QED) is 0.698. The summed E-state index contributed by atoms with van der Waals surface area (Å²) in [6, 6.07) is 0.634. The van der Waals surface area contributed by atoms with Gasteiger partial charge in [-0.05, 0) is 20.0 Å². The number of aromatic amines is 1. The van der Waals surface area contributed by atoms with E-state index >= 15 is 0 Å². The molecule has 0 spiro atoms. The smallest absolute Gasteiger partial charge is 0.120 e. The molecule has 4 nitrogen and oxygen atoms in total. The second-order valence-corrected chi connectivity index (χ2v) is 3.66. The normalized spacial score (nSPS) is 23.9. The maximum atomic E-state index is 4.16. The highest BCUT2D eigenvalue weighted by atomic mass is 15.2. The average molecular weight is 180 g/mol. The van der Waals surface area contributed by atoms with Gasteiger partial charge < -0.3 is 15.2 Å². The maximum Gasteiger partial charge on any atom is 0.120 e. The fourth-order valence-corrected chi connectivity index (χ4v) is 1.74.